The molecule has 0 radical (unpaired) electrons. The molecule has 3 N–H and O–H groups in total. The van der Waals surface area contributed by atoms with Gasteiger partial charge in [0, 0.05) is 6.42 Å². The minimum Gasteiger partial charge on any atom is -0.504 e. The van der Waals surface area contributed by atoms with E-state index < -0.39 is 6.10 Å². The standard InChI is InChI=1S/C15H20O6.C4H4O2/c1-2-19-14-9-21-13-4-3-11(7-12(13)15(14)18)20-6-5-10(17)8-16;5-4-2-1-3-6-4/h3-4,7,10,16-18H,2,5-6,8-9H2,1H3;1,3H,2H2. The van der Waals surface area contributed by atoms with Gasteiger partial charge in [0.15, 0.2) is 11.5 Å². The molecule has 2 aliphatic heterocycles. The Kier molecular flexibility index (Phi) is 7.97. The smallest absolute Gasteiger partial charge is 0.314 e. The quantitative estimate of drug-likeness (QED) is 0.615. The van der Waals surface area contributed by atoms with Crippen LogP contribution >= 0.6 is 0 Å². The van der Waals surface area contributed by atoms with Crippen LogP contribution < -0.4 is 9.47 Å². The number of esters is 1. The number of cyclic esters (lactones) is 1. The summed E-state index contributed by atoms with van der Waals surface area (Å²) in [6.45, 7) is 2.47. The van der Waals surface area contributed by atoms with Crippen LogP contribution in [-0.2, 0) is 14.3 Å². The third kappa shape index (κ3) is 6.19. The van der Waals surface area contributed by atoms with E-state index in [4.69, 9.17) is 19.3 Å². The fraction of sp³-hybridized carbons (Fsp3) is 0.421. The molecule has 1 aromatic rings. The topological polar surface area (TPSA) is 115 Å². The van der Waals surface area contributed by atoms with Gasteiger partial charge >= 0.3 is 5.97 Å². The second-order valence-electron chi connectivity index (χ2n) is 5.69. The van der Waals surface area contributed by atoms with E-state index in [0.717, 1.165) is 0 Å². The summed E-state index contributed by atoms with van der Waals surface area (Å²) in [6.07, 6.45) is 3.07. The molecule has 8 nitrogen and oxygen atoms in total. The number of hydrogen-bond donors (Lipinski definition) is 3. The lowest BCUT2D eigenvalue weighted by Gasteiger charge is -2.21. The second-order valence-corrected chi connectivity index (χ2v) is 5.69. The molecule has 1 atom stereocenters. The van der Waals surface area contributed by atoms with Gasteiger partial charge in [0.05, 0.1) is 44.2 Å². The summed E-state index contributed by atoms with van der Waals surface area (Å²) in [4.78, 5) is 9.96. The van der Waals surface area contributed by atoms with Gasteiger partial charge < -0.3 is 34.3 Å². The van der Waals surface area contributed by atoms with Crippen molar-refractivity contribution in [3.05, 3.63) is 41.9 Å². The summed E-state index contributed by atoms with van der Waals surface area (Å²) in [5.41, 5.74) is 0.518. The van der Waals surface area contributed by atoms with Crippen molar-refractivity contribution in [3.8, 4) is 11.5 Å². The highest BCUT2D eigenvalue weighted by Gasteiger charge is 2.21. The summed E-state index contributed by atoms with van der Waals surface area (Å²) in [5.74, 6) is 1.41. The number of carbonyl (C=O) groups is 1. The number of rotatable bonds is 7. The van der Waals surface area contributed by atoms with E-state index in [1.807, 2.05) is 6.92 Å². The van der Waals surface area contributed by atoms with Crippen molar-refractivity contribution in [1.82, 2.24) is 0 Å². The van der Waals surface area contributed by atoms with Crippen LogP contribution in [-0.4, -0.2) is 53.8 Å². The van der Waals surface area contributed by atoms with Gasteiger partial charge in [-0.3, -0.25) is 4.79 Å². The van der Waals surface area contributed by atoms with Gasteiger partial charge in [-0.15, -0.1) is 0 Å². The van der Waals surface area contributed by atoms with Gasteiger partial charge in [-0.2, -0.15) is 0 Å². The third-order valence-electron chi connectivity index (χ3n) is 3.66. The molecular formula is C19H24O8. The maximum atomic E-state index is 10.2. The lowest BCUT2D eigenvalue weighted by Crippen LogP contribution is -2.16. The molecular weight excluding hydrogens is 356 g/mol. The summed E-state index contributed by atoms with van der Waals surface area (Å²) < 4.78 is 20.6. The minimum atomic E-state index is -0.788. The Balaban J connectivity index is 0.000000369. The number of carbonyl (C=O) groups excluding carboxylic acids is 1. The first-order valence-corrected chi connectivity index (χ1v) is 8.63. The van der Waals surface area contributed by atoms with Crippen molar-refractivity contribution in [2.45, 2.75) is 25.9 Å². The Bertz CT molecular complexity index is 685. The van der Waals surface area contributed by atoms with E-state index in [-0.39, 0.29) is 31.5 Å². The third-order valence-corrected chi connectivity index (χ3v) is 3.66. The minimum absolute atomic E-state index is 0.0546. The molecule has 8 heteroatoms. The first-order chi connectivity index (χ1) is 13.0. The Morgan fingerprint density at radius 3 is 2.70 bits per heavy atom. The Morgan fingerprint density at radius 2 is 2.11 bits per heavy atom. The molecule has 0 aliphatic carbocycles. The van der Waals surface area contributed by atoms with Crippen molar-refractivity contribution >= 4 is 11.7 Å². The maximum absolute atomic E-state index is 10.2. The number of fused-ring (bicyclic) bond motifs is 1. The highest BCUT2D eigenvalue weighted by Crippen LogP contribution is 2.34. The maximum Gasteiger partial charge on any atom is 0.314 e. The van der Waals surface area contributed by atoms with E-state index in [9.17, 15) is 15.0 Å². The molecule has 1 aromatic carbocycles. The van der Waals surface area contributed by atoms with Crippen LogP contribution in [0.15, 0.2) is 36.3 Å². The van der Waals surface area contributed by atoms with Crippen molar-refractivity contribution in [2.75, 3.05) is 26.4 Å². The molecule has 0 amide bonds. The number of benzene rings is 1. The van der Waals surface area contributed by atoms with Crippen LogP contribution in [0.5, 0.6) is 11.5 Å². The van der Waals surface area contributed by atoms with E-state index in [2.05, 4.69) is 4.74 Å². The molecule has 1 unspecified atom stereocenters. The fourth-order valence-electron chi connectivity index (χ4n) is 2.28. The first-order valence-electron chi connectivity index (χ1n) is 8.63. The molecule has 2 heterocycles. The summed E-state index contributed by atoms with van der Waals surface area (Å²) in [7, 11) is 0. The van der Waals surface area contributed by atoms with Crippen molar-refractivity contribution in [3.63, 3.8) is 0 Å². The molecule has 0 spiro atoms. The molecule has 27 heavy (non-hydrogen) atoms. The lowest BCUT2D eigenvalue weighted by molar-refractivity contribution is -0.135. The molecule has 2 aliphatic rings. The number of aliphatic hydroxyl groups excluding tert-OH is 3. The Labute approximate surface area is 157 Å². The zero-order chi connectivity index (χ0) is 19.6. The zero-order valence-electron chi connectivity index (χ0n) is 15.1. The average molecular weight is 380 g/mol. The number of hydrogen-bond acceptors (Lipinski definition) is 8. The van der Waals surface area contributed by atoms with Crippen molar-refractivity contribution in [2.24, 2.45) is 0 Å². The van der Waals surface area contributed by atoms with Gasteiger partial charge in [0.1, 0.15) is 18.1 Å². The van der Waals surface area contributed by atoms with Gasteiger partial charge in [-0.1, -0.05) is 0 Å². The number of ether oxygens (including phenoxy) is 4. The SMILES string of the molecule is CCOC1=C(O)c2cc(OCCC(O)CO)ccc2OC1.O=C1CC=CO1. The summed E-state index contributed by atoms with van der Waals surface area (Å²) >= 11 is 0. The molecule has 0 saturated carbocycles. The first kappa shape index (κ1) is 20.6. The van der Waals surface area contributed by atoms with Crippen LogP contribution in [0.3, 0.4) is 0 Å². The molecule has 0 saturated heterocycles. The molecule has 0 fully saturated rings. The van der Waals surface area contributed by atoms with E-state index in [0.29, 0.717) is 42.3 Å². The van der Waals surface area contributed by atoms with Gasteiger partial charge in [0.25, 0.3) is 0 Å². The molecule has 0 aromatic heterocycles. The highest BCUT2D eigenvalue weighted by molar-refractivity contribution is 5.73. The van der Waals surface area contributed by atoms with Gasteiger partial charge in [0.2, 0.25) is 0 Å². The van der Waals surface area contributed by atoms with Crippen LogP contribution in [0.1, 0.15) is 25.3 Å². The normalized spacial score (nSPS) is 15.9. The van der Waals surface area contributed by atoms with Gasteiger partial charge in [-0.25, -0.2) is 0 Å². The van der Waals surface area contributed by atoms with Gasteiger partial charge in [-0.05, 0) is 31.2 Å². The highest BCUT2D eigenvalue weighted by atomic mass is 16.5. The largest absolute Gasteiger partial charge is 0.504 e. The average Bonchev–Trinajstić information content (AvgIpc) is 3.16. The molecule has 148 valence electrons. The van der Waals surface area contributed by atoms with Crippen LogP contribution in [0.25, 0.3) is 5.76 Å². The predicted octanol–water partition coefficient (Wildman–Crippen LogP) is 1.91. The number of aliphatic hydroxyl groups is 3. The van der Waals surface area contributed by atoms with Crippen molar-refractivity contribution in [1.29, 1.82) is 0 Å². The van der Waals surface area contributed by atoms with E-state index in [1.165, 1.54) is 6.26 Å². The Morgan fingerprint density at radius 1 is 1.30 bits per heavy atom. The summed E-state index contributed by atoms with van der Waals surface area (Å²) in [6, 6.07) is 5.10. The van der Waals surface area contributed by atoms with E-state index >= 15 is 0 Å². The second kappa shape index (κ2) is 10.4. The predicted molar refractivity (Wildman–Crippen MR) is 96.2 cm³/mol. The molecule has 0 bridgehead atoms. The van der Waals surface area contributed by atoms with Crippen LogP contribution in [0, 0.1) is 0 Å². The van der Waals surface area contributed by atoms with Crippen molar-refractivity contribution < 1.29 is 39.1 Å². The monoisotopic (exact) mass is 380 g/mol. The summed E-state index contributed by atoms with van der Waals surface area (Å²) in [5, 5.41) is 28.2. The fourth-order valence-corrected chi connectivity index (χ4v) is 2.28. The zero-order valence-corrected chi connectivity index (χ0v) is 15.1. The van der Waals surface area contributed by atoms with E-state index in [1.54, 1.807) is 24.3 Å². The van der Waals surface area contributed by atoms with Crippen LogP contribution in [0.2, 0.25) is 0 Å². The lowest BCUT2D eigenvalue weighted by atomic mass is 10.1. The molecule has 3 rings (SSSR count). The Hall–Kier alpha value is -2.71. The van der Waals surface area contributed by atoms with Crippen LogP contribution in [0.4, 0.5) is 0 Å².